The second kappa shape index (κ2) is 52.8. The van der Waals surface area contributed by atoms with Crippen LogP contribution in [0.3, 0.4) is 0 Å². The molecule has 0 spiro atoms. The number of hydrogen-bond acceptors (Lipinski definition) is 5. The lowest BCUT2D eigenvalue weighted by Crippen LogP contribution is -2.46. The number of amides is 1. The van der Waals surface area contributed by atoms with Gasteiger partial charge in [0.05, 0.1) is 25.2 Å². The molecule has 0 aromatic heterocycles. The second-order valence-corrected chi connectivity index (χ2v) is 19.3. The number of hydrogen-bond donors (Lipinski definition) is 3. The van der Waals surface area contributed by atoms with Gasteiger partial charge in [0.25, 0.3) is 0 Å². The van der Waals surface area contributed by atoms with Gasteiger partial charge in [-0.2, -0.15) is 0 Å². The summed E-state index contributed by atoms with van der Waals surface area (Å²) < 4.78 is 5.95. The molecule has 3 unspecified atom stereocenters. The highest BCUT2D eigenvalue weighted by atomic mass is 16.5. The molecule has 0 rings (SSSR count). The summed E-state index contributed by atoms with van der Waals surface area (Å²) in [4.78, 5) is 26.2. The van der Waals surface area contributed by atoms with E-state index in [1.807, 2.05) is 0 Å². The van der Waals surface area contributed by atoms with Crippen LogP contribution in [0.25, 0.3) is 0 Å². The Bertz CT molecular complexity index is 1110. The number of rotatable bonds is 51. The Balaban J connectivity index is 4.58. The molecule has 65 heavy (non-hydrogen) atoms. The Morgan fingerprint density at radius 2 is 0.785 bits per heavy atom. The third-order valence-electron chi connectivity index (χ3n) is 12.9. The molecule has 0 aromatic rings. The van der Waals surface area contributed by atoms with E-state index in [1.54, 1.807) is 0 Å². The van der Waals surface area contributed by atoms with Gasteiger partial charge in [0.15, 0.2) is 0 Å². The molecular weight excluding hydrogens is 803 g/mol. The molecule has 0 heterocycles. The van der Waals surface area contributed by atoms with Crippen molar-refractivity contribution >= 4 is 11.9 Å². The summed E-state index contributed by atoms with van der Waals surface area (Å²) in [5.74, 6) is -0.494. The molecule has 0 saturated heterocycles. The van der Waals surface area contributed by atoms with E-state index in [1.165, 1.54) is 154 Å². The number of carbonyl (C=O) groups excluding carboxylic acids is 2. The van der Waals surface area contributed by atoms with Gasteiger partial charge < -0.3 is 20.3 Å². The molecule has 3 atom stereocenters. The zero-order valence-corrected chi connectivity index (χ0v) is 43.4. The highest BCUT2D eigenvalue weighted by Crippen LogP contribution is 2.18. The van der Waals surface area contributed by atoms with Crippen molar-refractivity contribution in [2.75, 3.05) is 6.61 Å². The maximum absolute atomic E-state index is 13.2. The van der Waals surface area contributed by atoms with Gasteiger partial charge in [-0.3, -0.25) is 9.59 Å². The van der Waals surface area contributed by atoms with Crippen LogP contribution in [0.5, 0.6) is 0 Å². The third kappa shape index (κ3) is 48.1. The van der Waals surface area contributed by atoms with Gasteiger partial charge in [-0.1, -0.05) is 236 Å². The molecule has 3 N–H and O–H groups in total. The van der Waals surface area contributed by atoms with Crippen LogP contribution in [0.1, 0.15) is 290 Å². The number of aliphatic hydroxyl groups excluding tert-OH is 2. The first-order valence-electron chi connectivity index (χ1n) is 28.4. The summed E-state index contributed by atoms with van der Waals surface area (Å²) in [6.45, 7) is 6.47. The van der Waals surface area contributed by atoms with Crippen LogP contribution in [-0.4, -0.2) is 46.9 Å². The van der Waals surface area contributed by atoms with E-state index < -0.39 is 18.2 Å². The molecule has 6 heteroatoms. The summed E-state index contributed by atoms with van der Waals surface area (Å²) in [5, 5.41) is 23.8. The Hall–Kier alpha value is -2.18. The standard InChI is InChI=1S/C59H109NO5/c1-4-7-10-13-16-19-22-25-27-28-29-30-31-34-37-40-43-46-49-52-59(64)65-55(50-47-44-41-38-35-33-26-23-20-17-14-11-8-5-2)53-58(63)60-56(54-61)57(62)51-48-45-42-39-36-32-24-21-18-15-12-9-6-3/h16,19,25,27,29-30,33,35,55-57,61-62H,4-15,17-18,20-24,26,28,31-32,34,36-54H2,1-3H3,(H,60,63)/b19-16-,27-25-,30-29-,35-33+. The van der Waals surface area contributed by atoms with E-state index in [4.69, 9.17) is 4.74 Å². The van der Waals surface area contributed by atoms with E-state index in [-0.39, 0.29) is 24.9 Å². The molecule has 0 saturated carbocycles. The molecular formula is C59H109NO5. The van der Waals surface area contributed by atoms with Gasteiger partial charge in [0.2, 0.25) is 5.91 Å². The van der Waals surface area contributed by atoms with Crippen molar-refractivity contribution in [2.24, 2.45) is 0 Å². The van der Waals surface area contributed by atoms with Crippen molar-refractivity contribution in [1.29, 1.82) is 0 Å². The van der Waals surface area contributed by atoms with E-state index in [0.717, 1.165) is 89.9 Å². The van der Waals surface area contributed by atoms with Crippen molar-refractivity contribution in [3.63, 3.8) is 0 Å². The molecule has 0 bridgehead atoms. The first-order chi connectivity index (χ1) is 32.0. The monoisotopic (exact) mass is 912 g/mol. The van der Waals surface area contributed by atoms with Crippen molar-refractivity contribution in [1.82, 2.24) is 5.32 Å². The molecule has 0 aliphatic carbocycles. The summed E-state index contributed by atoms with van der Waals surface area (Å²) in [5.41, 5.74) is 0. The normalized spacial score (nSPS) is 13.5. The fourth-order valence-corrected chi connectivity index (χ4v) is 8.55. The highest BCUT2D eigenvalue weighted by molar-refractivity contribution is 5.77. The van der Waals surface area contributed by atoms with Gasteiger partial charge in [-0.15, -0.1) is 0 Å². The quantitative estimate of drug-likeness (QED) is 0.0321. The summed E-state index contributed by atoms with van der Waals surface area (Å²) >= 11 is 0. The van der Waals surface area contributed by atoms with E-state index in [2.05, 4.69) is 74.7 Å². The average Bonchev–Trinajstić information content (AvgIpc) is 3.30. The molecule has 0 radical (unpaired) electrons. The Labute approximate surface area is 404 Å². The SMILES string of the molecule is CCCCC/C=C\C/C=C\C/C=C\CCCCCCCCC(=O)OC(CCCCC/C=C/CCCCCCCCC)CC(=O)NC(CO)C(O)CCCCCCCCCCCCCCC. The van der Waals surface area contributed by atoms with E-state index in [0.29, 0.717) is 19.3 Å². The number of unbranched alkanes of at least 4 members (excludes halogenated alkanes) is 31. The van der Waals surface area contributed by atoms with E-state index >= 15 is 0 Å². The Morgan fingerprint density at radius 1 is 0.446 bits per heavy atom. The highest BCUT2D eigenvalue weighted by Gasteiger charge is 2.24. The van der Waals surface area contributed by atoms with Gasteiger partial charge >= 0.3 is 5.97 Å². The van der Waals surface area contributed by atoms with Crippen molar-refractivity contribution in [3.8, 4) is 0 Å². The topological polar surface area (TPSA) is 95.9 Å². The van der Waals surface area contributed by atoms with Gasteiger partial charge in [0, 0.05) is 6.42 Å². The van der Waals surface area contributed by atoms with Crippen LogP contribution >= 0.6 is 0 Å². The van der Waals surface area contributed by atoms with Gasteiger partial charge in [0.1, 0.15) is 6.10 Å². The molecule has 0 fully saturated rings. The number of ether oxygens (including phenoxy) is 1. The summed E-state index contributed by atoms with van der Waals surface area (Å²) in [7, 11) is 0. The number of esters is 1. The Kier molecular flexibility index (Phi) is 51.0. The maximum Gasteiger partial charge on any atom is 0.306 e. The number of allylic oxidation sites excluding steroid dienone is 8. The van der Waals surface area contributed by atoms with Crippen LogP contribution in [0.15, 0.2) is 48.6 Å². The fourth-order valence-electron chi connectivity index (χ4n) is 8.55. The van der Waals surface area contributed by atoms with Crippen LogP contribution in [0.2, 0.25) is 0 Å². The van der Waals surface area contributed by atoms with Crippen LogP contribution in [-0.2, 0) is 14.3 Å². The van der Waals surface area contributed by atoms with Crippen LogP contribution in [0, 0.1) is 0 Å². The minimum atomic E-state index is -0.794. The smallest absolute Gasteiger partial charge is 0.306 e. The average molecular weight is 913 g/mol. The molecule has 0 aliphatic rings. The van der Waals surface area contributed by atoms with Gasteiger partial charge in [-0.25, -0.2) is 0 Å². The molecule has 380 valence electrons. The lowest BCUT2D eigenvalue weighted by molar-refractivity contribution is -0.151. The van der Waals surface area contributed by atoms with Gasteiger partial charge in [-0.05, 0) is 89.9 Å². The number of nitrogens with one attached hydrogen (secondary N) is 1. The lowest BCUT2D eigenvalue weighted by Gasteiger charge is -2.24. The minimum absolute atomic E-state index is 0.0628. The van der Waals surface area contributed by atoms with Crippen LogP contribution in [0.4, 0.5) is 0 Å². The molecule has 1 amide bonds. The lowest BCUT2D eigenvalue weighted by atomic mass is 10.0. The number of carbonyl (C=O) groups is 2. The van der Waals surface area contributed by atoms with Crippen LogP contribution < -0.4 is 5.32 Å². The maximum atomic E-state index is 13.2. The largest absolute Gasteiger partial charge is 0.462 e. The first kappa shape index (κ1) is 62.8. The molecule has 0 aromatic carbocycles. The molecule has 6 nitrogen and oxygen atoms in total. The predicted molar refractivity (Wildman–Crippen MR) is 282 cm³/mol. The van der Waals surface area contributed by atoms with Crippen molar-refractivity contribution in [3.05, 3.63) is 48.6 Å². The van der Waals surface area contributed by atoms with Crippen molar-refractivity contribution < 1.29 is 24.5 Å². The summed E-state index contributed by atoms with van der Waals surface area (Å²) in [6.07, 6.45) is 64.6. The minimum Gasteiger partial charge on any atom is -0.462 e. The molecule has 0 aliphatic heterocycles. The second-order valence-electron chi connectivity index (χ2n) is 19.3. The first-order valence-corrected chi connectivity index (χ1v) is 28.4. The fraction of sp³-hybridized carbons (Fsp3) is 0.831. The number of aliphatic hydroxyl groups is 2. The van der Waals surface area contributed by atoms with E-state index in [9.17, 15) is 19.8 Å². The third-order valence-corrected chi connectivity index (χ3v) is 12.9. The zero-order valence-electron chi connectivity index (χ0n) is 43.4. The Morgan fingerprint density at radius 3 is 1.25 bits per heavy atom. The predicted octanol–water partition coefficient (Wildman–Crippen LogP) is 17.4. The zero-order chi connectivity index (χ0) is 47.4. The van der Waals surface area contributed by atoms with Crippen molar-refractivity contribution in [2.45, 2.75) is 309 Å². The summed E-state index contributed by atoms with van der Waals surface area (Å²) in [6, 6.07) is -0.709.